The summed E-state index contributed by atoms with van der Waals surface area (Å²) in [5, 5.41) is 11.7. The van der Waals surface area contributed by atoms with Crippen molar-refractivity contribution in [2.75, 3.05) is 11.1 Å². The maximum Gasteiger partial charge on any atom is 0.234 e. The van der Waals surface area contributed by atoms with Gasteiger partial charge in [-0.2, -0.15) is 0 Å². The fraction of sp³-hybridized carbons (Fsp3) is 0.429. The summed E-state index contributed by atoms with van der Waals surface area (Å²) in [5.74, 6) is 0.0977. The number of carbonyl (C=O) groups excluding carboxylic acids is 1. The maximum atomic E-state index is 12.0. The number of anilines is 1. The molecule has 2 aromatic heterocycles. The Labute approximate surface area is 138 Å². The molecule has 0 spiro atoms. The average molecular weight is 340 g/mol. The van der Waals surface area contributed by atoms with E-state index in [-0.39, 0.29) is 16.8 Å². The monoisotopic (exact) mass is 339 g/mol. The van der Waals surface area contributed by atoms with E-state index in [1.165, 1.54) is 24.6 Å². The van der Waals surface area contributed by atoms with Gasteiger partial charge in [0, 0.05) is 12.7 Å². The van der Waals surface area contributed by atoms with Crippen molar-refractivity contribution in [1.82, 2.24) is 19.7 Å². The first-order valence-electron chi connectivity index (χ1n) is 7.11. The molecule has 2 rings (SSSR count). The Morgan fingerprint density at radius 3 is 3.09 bits per heavy atom. The van der Waals surface area contributed by atoms with E-state index in [1.807, 2.05) is 4.57 Å². The van der Waals surface area contributed by atoms with E-state index in [1.54, 1.807) is 24.7 Å². The van der Waals surface area contributed by atoms with E-state index in [0.717, 1.165) is 18.1 Å². The highest BCUT2D eigenvalue weighted by atomic mass is 35.5. The third kappa shape index (κ3) is 4.99. The molecule has 0 aliphatic carbocycles. The van der Waals surface area contributed by atoms with E-state index < -0.39 is 0 Å². The summed E-state index contributed by atoms with van der Waals surface area (Å²) >= 11 is 7.26. The molecule has 0 atom stereocenters. The molecule has 2 heterocycles. The van der Waals surface area contributed by atoms with Crippen LogP contribution in [0.25, 0.3) is 0 Å². The number of aromatic nitrogens is 4. The van der Waals surface area contributed by atoms with Gasteiger partial charge < -0.3 is 9.88 Å². The molecule has 0 aromatic carbocycles. The number of thioether (sulfide) groups is 1. The normalized spacial score (nSPS) is 10.6. The summed E-state index contributed by atoms with van der Waals surface area (Å²) < 4.78 is 1.98. The first-order valence-corrected chi connectivity index (χ1v) is 8.48. The summed E-state index contributed by atoms with van der Waals surface area (Å²) in [5.41, 5.74) is 0.513. The third-order valence-electron chi connectivity index (χ3n) is 2.95. The molecule has 0 fully saturated rings. The van der Waals surface area contributed by atoms with Gasteiger partial charge in [0.05, 0.1) is 11.4 Å². The minimum Gasteiger partial charge on any atom is -0.323 e. The SMILES string of the molecule is CCCCCn1cnnc1SCC(=O)Nc1cccnc1Cl. The van der Waals surface area contributed by atoms with Crippen molar-refractivity contribution in [1.29, 1.82) is 0 Å². The highest BCUT2D eigenvalue weighted by molar-refractivity contribution is 7.99. The van der Waals surface area contributed by atoms with Gasteiger partial charge in [0.1, 0.15) is 6.33 Å². The number of amides is 1. The molecule has 118 valence electrons. The van der Waals surface area contributed by atoms with Gasteiger partial charge in [-0.25, -0.2) is 4.98 Å². The summed E-state index contributed by atoms with van der Waals surface area (Å²) in [6, 6.07) is 3.43. The molecule has 0 radical (unpaired) electrons. The molecule has 0 aliphatic rings. The van der Waals surface area contributed by atoms with Gasteiger partial charge in [0.25, 0.3) is 0 Å². The molecule has 8 heteroatoms. The molecule has 6 nitrogen and oxygen atoms in total. The first-order chi connectivity index (χ1) is 10.7. The number of carbonyl (C=O) groups is 1. The fourth-order valence-corrected chi connectivity index (χ4v) is 2.75. The van der Waals surface area contributed by atoms with Gasteiger partial charge >= 0.3 is 0 Å². The van der Waals surface area contributed by atoms with E-state index in [2.05, 4.69) is 27.4 Å². The topological polar surface area (TPSA) is 72.7 Å². The fourth-order valence-electron chi connectivity index (χ4n) is 1.84. The van der Waals surface area contributed by atoms with Crippen LogP contribution in [0.5, 0.6) is 0 Å². The number of hydrogen-bond donors (Lipinski definition) is 1. The standard InChI is InChI=1S/C14H18ClN5OS/c1-2-3-4-8-20-10-17-19-14(20)22-9-12(21)18-11-6-5-7-16-13(11)15/h5-7,10H,2-4,8-9H2,1H3,(H,18,21). The third-order valence-corrected chi connectivity index (χ3v) is 4.23. The largest absolute Gasteiger partial charge is 0.323 e. The molecule has 22 heavy (non-hydrogen) atoms. The van der Waals surface area contributed by atoms with Gasteiger partial charge in [0.2, 0.25) is 5.91 Å². The van der Waals surface area contributed by atoms with Crippen LogP contribution in [0.2, 0.25) is 5.15 Å². The molecule has 1 amide bonds. The van der Waals surface area contributed by atoms with Crippen molar-refractivity contribution in [3.05, 3.63) is 29.8 Å². The van der Waals surface area contributed by atoms with Crippen LogP contribution in [0.3, 0.4) is 0 Å². The summed E-state index contributed by atoms with van der Waals surface area (Å²) in [4.78, 5) is 15.9. The van der Waals surface area contributed by atoms with Gasteiger partial charge in [-0.05, 0) is 18.6 Å². The van der Waals surface area contributed by atoms with Crippen LogP contribution in [0.4, 0.5) is 5.69 Å². The summed E-state index contributed by atoms with van der Waals surface area (Å²) in [6.45, 7) is 3.04. The molecule has 0 saturated carbocycles. The van der Waals surface area contributed by atoms with Crippen molar-refractivity contribution < 1.29 is 4.79 Å². The van der Waals surface area contributed by atoms with Crippen LogP contribution in [-0.4, -0.2) is 31.4 Å². The van der Waals surface area contributed by atoms with Crippen molar-refractivity contribution in [3.63, 3.8) is 0 Å². The lowest BCUT2D eigenvalue weighted by Crippen LogP contribution is -2.15. The lowest BCUT2D eigenvalue weighted by molar-refractivity contribution is -0.113. The smallest absolute Gasteiger partial charge is 0.234 e. The lowest BCUT2D eigenvalue weighted by Gasteiger charge is -2.07. The van der Waals surface area contributed by atoms with Gasteiger partial charge in [-0.15, -0.1) is 10.2 Å². The van der Waals surface area contributed by atoms with E-state index >= 15 is 0 Å². The number of unbranched alkanes of at least 4 members (excludes halogenated alkanes) is 2. The Morgan fingerprint density at radius 2 is 2.32 bits per heavy atom. The molecular formula is C14H18ClN5OS. The summed E-state index contributed by atoms with van der Waals surface area (Å²) in [6.07, 6.45) is 6.69. The molecule has 2 aromatic rings. The molecule has 0 bridgehead atoms. The van der Waals surface area contributed by atoms with Crippen LogP contribution < -0.4 is 5.32 Å². The molecule has 0 aliphatic heterocycles. The predicted molar refractivity (Wildman–Crippen MR) is 88.1 cm³/mol. The molecular weight excluding hydrogens is 322 g/mol. The second-order valence-electron chi connectivity index (χ2n) is 4.69. The van der Waals surface area contributed by atoms with E-state index in [0.29, 0.717) is 5.69 Å². The number of aryl methyl sites for hydroxylation is 1. The van der Waals surface area contributed by atoms with Crippen LogP contribution in [0.1, 0.15) is 26.2 Å². The number of nitrogens with one attached hydrogen (secondary N) is 1. The van der Waals surface area contributed by atoms with Crippen LogP contribution in [-0.2, 0) is 11.3 Å². The first kappa shape index (κ1) is 16.8. The Hall–Kier alpha value is -1.60. The quantitative estimate of drug-likeness (QED) is 0.454. The van der Waals surface area contributed by atoms with Crippen molar-refractivity contribution in [2.45, 2.75) is 37.9 Å². The van der Waals surface area contributed by atoms with Gasteiger partial charge in [-0.1, -0.05) is 43.1 Å². The van der Waals surface area contributed by atoms with E-state index in [4.69, 9.17) is 11.6 Å². The number of hydrogen-bond acceptors (Lipinski definition) is 5. The second-order valence-corrected chi connectivity index (χ2v) is 5.99. The Morgan fingerprint density at radius 1 is 1.45 bits per heavy atom. The van der Waals surface area contributed by atoms with Crippen molar-refractivity contribution >= 4 is 35.0 Å². The molecule has 0 unspecified atom stereocenters. The van der Waals surface area contributed by atoms with Gasteiger partial charge in [0.15, 0.2) is 10.3 Å². The summed E-state index contributed by atoms with van der Waals surface area (Å²) in [7, 11) is 0. The van der Waals surface area contributed by atoms with Crippen LogP contribution in [0, 0.1) is 0 Å². The number of rotatable bonds is 8. The van der Waals surface area contributed by atoms with Crippen LogP contribution >= 0.6 is 23.4 Å². The predicted octanol–water partition coefficient (Wildman–Crippen LogP) is 3.25. The molecule has 1 N–H and O–H groups in total. The Kier molecular flexibility index (Phi) is 6.67. The highest BCUT2D eigenvalue weighted by Crippen LogP contribution is 2.19. The zero-order chi connectivity index (χ0) is 15.8. The Balaban J connectivity index is 1.84. The van der Waals surface area contributed by atoms with Gasteiger partial charge in [-0.3, -0.25) is 4.79 Å². The van der Waals surface area contributed by atoms with Crippen molar-refractivity contribution in [3.8, 4) is 0 Å². The zero-order valence-electron chi connectivity index (χ0n) is 12.3. The molecule has 0 saturated heterocycles. The number of halogens is 1. The number of pyridine rings is 1. The minimum absolute atomic E-state index is 0.150. The average Bonchev–Trinajstić information content (AvgIpc) is 2.95. The van der Waals surface area contributed by atoms with Crippen LogP contribution in [0.15, 0.2) is 29.8 Å². The second kappa shape index (κ2) is 8.75. The zero-order valence-corrected chi connectivity index (χ0v) is 13.9. The lowest BCUT2D eigenvalue weighted by atomic mass is 10.2. The number of nitrogens with zero attached hydrogens (tertiary/aromatic N) is 4. The maximum absolute atomic E-state index is 12.0. The highest BCUT2D eigenvalue weighted by Gasteiger charge is 2.10. The Bertz CT molecular complexity index is 619. The van der Waals surface area contributed by atoms with Crippen molar-refractivity contribution in [2.24, 2.45) is 0 Å². The minimum atomic E-state index is -0.150. The van der Waals surface area contributed by atoms with E-state index in [9.17, 15) is 4.79 Å².